The van der Waals surface area contributed by atoms with Gasteiger partial charge >= 0.3 is 0 Å². The topological polar surface area (TPSA) is 98.5 Å². The van der Waals surface area contributed by atoms with Crippen LogP contribution in [0.2, 0.25) is 0 Å². The van der Waals surface area contributed by atoms with E-state index in [1.54, 1.807) is 19.1 Å². The summed E-state index contributed by atoms with van der Waals surface area (Å²) in [4.78, 5) is 10.1. The highest BCUT2D eigenvalue weighted by atomic mass is 32.2. The molecule has 0 saturated heterocycles. The Hall–Kier alpha value is -2.75. The van der Waals surface area contributed by atoms with Gasteiger partial charge in [-0.1, -0.05) is 17.7 Å². The molecule has 10 heteroatoms. The Kier molecular flexibility index (Phi) is 5.52. The van der Waals surface area contributed by atoms with Crippen LogP contribution in [0.3, 0.4) is 0 Å². The van der Waals surface area contributed by atoms with Crippen LogP contribution in [-0.2, 0) is 10.0 Å². The Morgan fingerprint density at radius 2 is 1.84 bits per heavy atom. The first-order valence-corrected chi connectivity index (χ1v) is 8.45. The number of nitrogens with zero attached hydrogens (tertiary/aromatic N) is 1. The predicted octanol–water partition coefficient (Wildman–Crippen LogP) is 3.35. The number of nitro benzene ring substituents is 1. The molecule has 0 spiro atoms. The minimum Gasteiger partial charge on any atom is -0.487 e. The molecule has 1 N–H and O–H groups in total. The van der Waals surface area contributed by atoms with Crippen molar-refractivity contribution in [1.29, 1.82) is 0 Å². The predicted molar refractivity (Wildman–Crippen MR) is 86.6 cm³/mol. The van der Waals surface area contributed by atoms with Gasteiger partial charge in [-0.05, 0) is 19.1 Å². The highest BCUT2D eigenvalue weighted by Crippen LogP contribution is 2.28. The third kappa shape index (κ3) is 5.11. The van der Waals surface area contributed by atoms with E-state index >= 15 is 0 Å². The average molecular weight is 372 g/mol. The normalized spacial score (nSPS) is 11.4. The smallest absolute Gasteiger partial charge is 0.275 e. The summed E-state index contributed by atoms with van der Waals surface area (Å²) in [6.45, 7) is 0.822. The molecular weight excluding hydrogens is 358 g/mol. The number of nitro groups is 1. The molecule has 0 fully saturated rings. The molecule has 0 aliphatic carbocycles. The number of alkyl halides is 2. The van der Waals surface area contributed by atoms with Crippen LogP contribution in [0.1, 0.15) is 5.56 Å². The van der Waals surface area contributed by atoms with Gasteiger partial charge in [0.2, 0.25) is 0 Å². The van der Waals surface area contributed by atoms with Crippen molar-refractivity contribution < 1.29 is 26.9 Å². The van der Waals surface area contributed by atoms with Crippen LogP contribution < -0.4 is 9.46 Å². The third-order valence-corrected chi connectivity index (χ3v) is 4.46. The van der Waals surface area contributed by atoms with Crippen LogP contribution in [-0.4, -0.2) is 26.4 Å². The molecule has 25 heavy (non-hydrogen) atoms. The van der Waals surface area contributed by atoms with Crippen LogP contribution in [0.5, 0.6) is 5.75 Å². The van der Waals surface area contributed by atoms with Gasteiger partial charge in [0.05, 0.1) is 21.6 Å². The standard InChI is InChI=1S/C15H14F2N2O5S/c1-10-2-4-14(5-3-10)25(22,23)18-11-6-12(19(20)21)8-13(7-11)24-9-15(16)17/h2-8,15,18H,9H2,1H3. The molecule has 0 radical (unpaired) electrons. The molecule has 134 valence electrons. The first kappa shape index (κ1) is 18.6. The summed E-state index contributed by atoms with van der Waals surface area (Å²) in [6, 6.07) is 8.96. The number of halogens is 2. The molecule has 0 aliphatic heterocycles. The molecule has 0 bridgehead atoms. The highest BCUT2D eigenvalue weighted by Gasteiger charge is 2.18. The van der Waals surface area contributed by atoms with Gasteiger partial charge < -0.3 is 4.74 Å². The van der Waals surface area contributed by atoms with Crippen LogP contribution in [0.15, 0.2) is 47.4 Å². The first-order valence-electron chi connectivity index (χ1n) is 6.97. The van der Waals surface area contributed by atoms with E-state index in [1.807, 2.05) is 0 Å². The van der Waals surface area contributed by atoms with Gasteiger partial charge in [0.1, 0.15) is 12.4 Å². The lowest BCUT2D eigenvalue weighted by molar-refractivity contribution is -0.384. The number of rotatable bonds is 7. The number of benzene rings is 2. The van der Waals surface area contributed by atoms with Crippen molar-refractivity contribution in [3.8, 4) is 5.75 Å². The summed E-state index contributed by atoms with van der Waals surface area (Å²) in [5.41, 5.74) is 0.199. The number of ether oxygens (including phenoxy) is 1. The van der Waals surface area contributed by atoms with Gasteiger partial charge in [-0.2, -0.15) is 0 Å². The fourth-order valence-corrected chi connectivity index (χ4v) is 2.96. The van der Waals surface area contributed by atoms with E-state index < -0.39 is 33.7 Å². The number of aryl methyl sites for hydroxylation is 1. The zero-order chi connectivity index (χ0) is 18.6. The Morgan fingerprint density at radius 1 is 1.20 bits per heavy atom. The molecule has 0 atom stereocenters. The van der Waals surface area contributed by atoms with Crippen LogP contribution >= 0.6 is 0 Å². The number of non-ortho nitro benzene ring substituents is 1. The Balaban J connectivity index is 2.33. The SMILES string of the molecule is Cc1ccc(S(=O)(=O)Nc2cc(OCC(F)F)cc([N+](=O)[O-])c2)cc1. The number of sulfonamides is 1. The van der Waals surface area contributed by atoms with Crippen LogP contribution in [0.25, 0.3) is 0 Å². The lowest BCUT2D eigenvalue weighted by atomic mass is 10.2. The molecule has 0 heterocycles. The Bertz CT molecular complexity index is 870. The molecule has 7 nitrogen and oxygen atoms in total. The molecule has 0 aliphatic rings. The van der Waals surface area contributed by atoms with Crippen molar-refractivity contribution in [1.82, 2.24) is 0 Å². The molecule has 0 amide bonds. The Morgan fingerprint density at radius 3 is 2.40 bits per heavy atom. The molecule has 2 aromatic carbocycles. The molecular formula is C15H14F2N2O5S. The summed E-state index contributed by atoms with van der Waals surface area (Å²) in [5.74, 6) is -0.240. The second-order valence-corrected chi connectivity index (χ2v) is 6.78. The minimum atomic E-state index is -4.00. The molecule has 2 rings (SSSR count). The molecule has 0 unspecified atom stereocenters. The Labute approximate surface area is 142 Å². The maximum atomic E-state index is 12.3. The van der Waals surface area contributed by atoms with E-state index in [9.17, 15) is 27.3 Å². The van der Waals surface area contributed by atoms with Crippen molar-refractivity contribution in [3.63, 3.8) is 0 Å². The maximum absolute atomic E-state index is 12.3. The summed E-state index contributed by atoms with van der Waals surface area (Å²) >= 11 is 0. The summed E-state index contributed by atoms with van der Waals surface area (Å²) in [7, 11) is -4.00. The van der Waals surface area contributed by atoms with Crippen LogP contribution in [0.4, 0.5) is 20.2 Å². The number of anilines is 1. The van der Waals surface area contributed by atoms with E-state index in [0.717, 1.165) is 23.8 Å². The van der Waals surface area contributed by atoms with E-state index in [0.29, 0.717) is 0 Å². The second kappa shape index (κ2) is 7.43. The second-order valence-electron chi connectivity index (χ2n) is 5.09. The van der Waals surface area contributed by atoms with Gasteiger partial charge in [-0.3, -0.25) is 14.8 Å². The van der Waals surface area contributed by atoms with Gasteiger partial charge in [0.25, 0.3) is 22.1 Å². The van der Waals surface area contributed by atoms with E-state index in [4.69, 9.17) is 4.74 Å². The van der Waals surface area contributed by atoms with Crippen molar-refractivity contribution in [2.75, 3.05) is 11.3 Å². The van der Waals surface area contributed by atoms with Crippen molar-refractivity contribution >= 4 is 21.4 Å². The summed E-state index contributed by atoms with van der Waals surface area (Å²) in [6.07, 6.45) is -2.77. The zero-order valence-corrected chi connectivity index (χ0v) is 13.8. The van der Waals surface area contributed by atoms with Gasteiger partial charge in [-0.15, -0.1) is 0 Å². The fourth-order valence-electron chi connectivity index (χ4n) is 1.92. The fraction of sp³-hybridized carbons (Fsp3) is 0.200. The van der Waals surface area contributed by atoms with Gasteiger partial charge in [-0.25, -0.2) is 17.2 Å². The van der Waals surface area contributed by atoms with Crippen molar-refractivity contribution in [2.45, 2.75) is 18.2 Å². The van der Waals surface area contributed by atoms with E-state index in [1.165, 1.54) is 12.1 Å². The maximum Gasteiger partial charge on any atom is 0.275 e. The quantitative estimate of drug-likeness (QED) is 0.594. The van der Waals surface area contributed by atoms with Gasteiger partial charge in [0, 0.05) is 12.1 Å². The van der Waals surface area contributed by atoms with E-state index in [2.05, 4.69) is 4.72 Å². The van der Waals surface area contributed by atoms with Crippen molar-refractivity contribution in [3.05, 3.63) is 58.1 Å². The van der Waals surface area contributed by atoms with Crippen LogP contribution in [0, 0.1) is 17.0 Å². The molecule has 0 aromatic heterocycles. The largest absolute Gasteiger partial charge is 0.487 e. The number of hydrogen-bond donors (Lipinski definition) is 1. The highest BCUT2D eigenvalue weighted by molar-refractivity contribution is 7.92. The zero-order valence-electron chi connectivity index (χ0n) is 13.0. The van der Waals surface area contributed by atoms with E-state index in [-0.39, 0.29) is 16.3 Å². The molecule has 2 aromatic rings. The third-order valence-electron chi connectivity index (χ3n) is 3.06. The van der Waals surface area contributed by atoms with Gasteiger partial charge in [0.15, 0.2) is 0 Å². The monoisotopic (exact) mass is 372 g/mol. The summed E-state index contributed by atoms with van der Waals surface area (Å²) in [5, 5.41) is 10.9. The summed E-state index contributed by atoms with van der Waals surface area (Å²) < 4.78 is 56.1. The molecule has 0 saturated carbocycles. The first-order chi connectivity index (χ1) is 11.7. The lowest BCUT2D eigenvalue weighted by Gasteiger charge is -2.11. The minimum absolute atomic E-state index is 0.0420. The number of hydrogen-bond acceptors (Lipinski definition) is 5. The number of nitrogens with one attached hydrogen (secondary N) is 1. The lowest BCUT2D eigenvalue weighted by Crippen LogP contribution is -2.13. The average Bonchev–Trinajstić information content (AvgIpc) is 2.52. The van der Waals surface area contributed by atoms with Crippen molar-refractivity contribution in [2.24, 2.45) is 0 Å².